The summed E-state index contributed by atoms with van der Waals surface area (Å²) in [5.41, 5.74) is 1.54. The van der Waals surface area contributed by atoms with Crippen LogP contribution in [0.2, 0.25) is 0 Å². The Balaban J connectivity index is 0.00000240. The van der Waals surface area contributed by atoms with Gasteiger partial charge in [-0.25, -0.2) is 4.39 Å². The number of hydrogen-bond acceptors (Lipinski definition) is 7. The molecule has 0 amide bonds. The van der Waals surface area contributed by atoms with E-state index in [1.54, 1.807) is 24.3 Å². The maximum atomic E-state index is 13.6. The number of non-ortho nitro benzene ring substituents is 1. The third-order valence-corrected chi connectivity index (χ3v) is 4.73. The summed E-state index contributed by atoms with van der Waals surface area (Å²) in [4.78, 5) is 16.9. The minimum Gasteiger partial charge on any atom is -0.338 e. The molecule has 1 saturated heterocycles. The van der Waals surface area contributed by atoms with Crippen LogP contribution in [0.4, 0.5) is 10.1 Å². The zero-order chi connectivity index (χ0) is 19.5. The summed E-state index contributed by atoms with van der Waals surface area (Å²) < 4.78 is 19.0. The van der Waals surface area contributed by atoms with Crippen LogP contribution >= 0.6 is 12.4 Å². The third kappa shape index (κ3) is 4.76. The minimum absolute atomic E-state index is 0. The number of nitrogens with one attached hydrogen (secondary N) is 1. The van der Waals surface area contributed by atoms with Gasteiger partial charge in [0.25, 0.3) is 5.69 Å². The average Bonchev–Trinajstić information content (AvgIpc) is 3.17. The highest BCUT2D eigenvalue weighted by molar-refractivity contribution is 5.85. The van der Waals surface area contributed by atoms with E-state index in [4.69, 9.17) is 4.52 Å². The van der Waals surface area contributed by atoms with E-state index in [1.165, 1.54) is 18.2 Å². The molecule has 0 radical (unpaired) electrons. The van der Waals surface area contributed by atoms with Crippen LogP contribution in [0.25, 0.3) is 11.4 Å². The maximum Gasteiger partial charge on any atom is 0.269 e. The van der Waals surface area contributed by atoms with E-state index < -0.39 is 4.92 Å². The third-order valence-electron chi connectivity index (χ3n) is 4.73. The fourth-order valence-electron chi connectivity index (χ4n) is 3.32. The van der Waals surface area contributed by atoms with Crippen molar-refractivity contribution in [2.45, 2.75) is 12.6 Å². The summed E-state index contributed by atoms with van der Waals surface area (Å²) in [6.45, 7) is 2.71. The first-order valence-electron chi connectivity index (χ1n) is 8.88. The number of rotatable bonds is 5. The maximum absolute atomic E-state index is 13.6. The molecule has 1 unspecified atom stereocenters. The lowest BCUT2D eigenvalue weighted by atomic mass is 10.0. The van der Waals surface area contributed by atoms with E-state index in [9.17, 15) is 14.5 Å². The Morgan fingerprint density at radius 2 is 2.07 bits per heavy atom. The van der Waals surface area contributed by atoms with Crippen LogP contribution in [0, 0.1) is 15.9 Å². The fourth-order valence-corrected chi connectivity index (χ4v) is 3.32. The normalized spacial score (nSPS) is 16.9. The Morgan fingerprint density at radius 3 is 2.79 bits per heavy atom. The number of halogens is 2. The van der Waals surface area contributed by atoms with Gasteiger partial charge in [-0.15, -0.1) is 12.4 Å². The number of nitrogens with zero attached hydrogens (tertiary/aromatic N) is 4. The molecule has 1 aliphatic rings. The van der Waals surface area contributed by atoms with Crippen LogP contribution in [-0.2, 0) is 6.54 Å². The van der Waals surface area contributed by atoms with Crippen molar-refractivity contribution in [1.29, 1.82) is 0 Å². The number of benzene rings is 2. The Bertz CT molecular complexity index is 982. The summed E-state index contributed by atoms with van der Waals surface area (Å²) in [7, 11) is 0. The SMILES string of the molecule is Cl.O=[N+]([O-])c1ccc(-c2noc(CN3CCNCC3c3cccc(F)c3)n2)cc1. The van der Waals surface area contributed by atoms with Gasteiger partial charge in [0.15, 0.2) is 0 Å². The molecular formula is C19H19ClFN5O3. The highest BCUT2D eigenvalue weighted by Crippen LogP contribution is 2.25. The van der Waals surface area contributed by atoms with Crippen LogP contribution in [0.15, 0.2) is 53.1 Å². The van der Waals surface area contributed by atoms with Crippen molar-refractivity contribution in [2.24, 2.45) is 0 Å². The van der Waals surface area contributed by atoms with Gasteiger partial charge in [-0.05, 0) is 29.8 Å². The number of piperazine rings is 1. The average molecular weight is 420 g/mol. The lowest BCUT2D eigenvalue weighted by Crippen LogP contribution is -2.45. The number of aromatic nitrogens is 2. The first-order valence-corrected chi connectivity index (χ1v) is 8.88. The first kappa shape index (κ1) is 20.8. The van der Waals surface area contributed by atoms with Gasteiger partial charge >= 0.3 is 0 Å². The second-order valence-electron chi connectivity index (χ2n) is 6.56. The predicted molar refractivity (Wildman–Crippen MR) is 106 cm³/mol. The van der Waals surface area contributed by atoms with Gasteiger partial charge in [-0.2, -0.15) is 4.98 Å². The van der Waals surface area contributed by atoms with Gasteiger partial charge in [0.05, 0.1) is 11.5 Å². The van der Waals surface area contributed by atoms with Crippen LogP contribution in [0.5, 0.6) is 0 Å². The minimum atomic E-state index is -0.456. The molecule has 152 valence electrons. The molecule has 2 aromatic carbocycles. The fraction of sp³-hybridized carbons (Fsp3) is 0.263. The second-order valence-corrected chi connectivity index (χ2v) is 6.56. The van der Waals surface area contributed by atoms with E-state index in [-0.39, 0.29) is 30.0 Å². The Labute approximate surface area is 172 Å². The lowest BCUT2D eigenvalue weighted by molar-refractivity contribution is -0.384. The largest absolute Gasteiger partial charge is 0.338 e. The molecule has 3 aromatic rings. The molecule has 1 aromatic heterocycles. The first-order chi connectivity index (χ1) is 13.6. The highest BCUT2D eigenvalue weighted by Gasteiger charge is 2.26. The molecule has 4 rings (SSSR count). The molecule has 0 saturated carbocycles. The Hall–Kier alpha value is -2.88. The molecule has 1 N–H and O–H groups in total. The molecule has 29 heavy (non-hydrogen) atoms. The molecule has 1 aliphatic heterocycles. The van der Waals surface area contributed by atoms with Gasteiger partial charge < -0.3 is 9.84 Å². The molecular weight excluding hydrogens is 401 g/mol. The standard InChI is InChI=1S/C19H18FN5O3.ClH/c20-15-3-1-2-14(10-15)17-11-21-8-9-24(17)12-18-22-19(23-28-18)13-4-6-16(7-5-13)25(26)27;/h1-7,10,17,21H,8-9,11-12H2;1H. The molecule has 1 fully saturated rings. The zero-order valence-electron chi connectivity index (χ0n) is 15.3. The molecule has 8 nitrogen and oxygen atoms in total. The highest BCUT2D eigenvalue weighted by atomic mass is 35.5. The van der Waals surface area contributed by atoms with E-state index >= 15 is 0 Å². The zero-order valence-corrected chi connectivity index (χ0v) is 16.1. The van der Waals surface area contributed by atoms with Gasteiger partial charge in [0.2, 0.25) is 11.7 Å². The topological polar surface area (TPSA) is 97.3 Å². The van der Waals surface area contributed by atoms with E-state index in [1.807, 2.05) is 6.07 Å². The second kappa shape index (κ2) is 9.08. The van der Waals surface area contributed by atoms with Crippen LogP contribution in [-0.4, -0.2) is 39.6 Å². The molecule has 0 aliphatic carbocycles. The van der Waals surface area contributed by atoms with Crippen molar-refractivity contribution in [1.82, 2.24) is 20.4 Å². The summed E-state index contributed by atoms with van der Waals surface area (Å²) in [5, 5.41) is 18.1. The Morgan fingerprint density at radius 1 is 1.28 bits per heavy atom. The van der Waals surface area contributed by atoms with E-state index in [0.717, 1.165) is 18.7 Å². The van der Waals surface area contributed by atoms with Gasteiger partial charge in [-0.3, -0.25) is 15.0 Å². The summed E-state index contributed by atoms with van der Waals surface area (Å²) in [5.74, 6) is 0.556. The van der Waals surface area contributed by atoms with Crippen molar-refractivity contribution >= 4 is 18.1 Å². The van der Waals surface area contributed by atoms with Gasteiger partial charge in [-0.1, -0.05) is 17.3 Å². The quantitative estimate of drug-likeness (QED) is 0.500. The summed E-state index contributed by atoms with van der Waals surface area (Å²) in [6, 6.07) is 12.6. The number of nitro benzene ring substituents is 1. The molecule has 0 bridgehead atoms. The van der Waals surface area contributed by atoms with E-state index in [0.29, 0.717) is 30.4 Å². The van der Waals surface area contributed by atoms with Gasteiger partial charge in [0, 0.05) is 43.4 Å². The summed E-state index contributed by atoms with van der Waals surface area (Å²) in [6.07, 6.45) is 0. The Kier molecular flexibility index (Phi) is 6.53. The molecule has 2 heterocycles. The predicted octanol–water partition coefficient (Wildman–Crippen LogP) is 3.35. The molecule has 0 spiro atoms. The van der Waals surface area contributed by atoms with Crippen molar-refractivity contribution in [3.63, 3.8) is 0 Å². The van der Waals surface area contributed by atoms with Crippen LogP contribution < -0.4 is 5.32 Å². The van der Waals surface area contributed by atoms with Crippen LogP contribution in [0.3, 0.4) is 0 Å². The molecule has 1 atom stereocenters. The van der Waals surface area contributed by atoms with E-state index in [2.05, 4.69) is 20.4 Å². The summed E-state index contributed by atoms with van der Waals surface area (Å²) >= 11 is 0. The number of hydrogen-bond donors (Lipinski definition) is 1. The smallest absolute Gasteiger partial charge is 0.269 e. The number of nitro groups is 1. The van der Waals surface area contributed by atoms with Gasteiger partial charge in [0.1, 0.15) is 5.82 Å². The monoisotopic (exact) mass is 419 g/mol. The van der Waals surface area contributed by atoms with Crippen molar-refractivity contribution < 1.29 is 13.8 Å². The van der Waals surface area contributed by atoms with Crippen molar-refractivity contribution in [2.75, 3.05) is 19.6 Å². The van der Waals surface area contributed by atoms with Crippen molar-refractivity contribution in [3.05, 3.63) is 75.9 Å². The van der Waals surface area contributed by atoms with Crippen LogP contribution in [0.1, 0.15) is 17.5 Å². The molecule has 10 heteroatoms. The van der Waals surface area contributed by atoms with Crippen molar-refractivity contribution in [3.8, 4) is 11.4 Å². The lowest BCUT2D eigenvalue weighted by Gasteiger charge is -2.35.